The molecule has 0 unspecified atom stereocenters. The molecule has 0 aliphatic heterocycles. The summed E-state index contributed by atoms with van der Waals surface area (Å²) in [7, 11) is 0. The van der Waals surface area contributed by atoms with Crippen molar-refractivity contribution in [3.8, 4) is 11.6 Å². The van der Waals surface area contributed by atoms with Gasteiger partial charge in [-0.1, -0.05) is 6.07 Å². The number of ether oxygens (including phenoxy) is 2. The lowest BCUT2D eigenvalue weighted by Gasteiger charge is -2.57. The Hall–Kier alpha value is -4.15. The summed E-state index contributed by atoms with van der Waals surface area (Å²) in [4.78, 5) is 24.9. The van der Waals surface area contributed by atoms with Crippen molar-refractivity contribution in [3.63, 3.8) is 0 Å². The van der Waals surface area contributed by atoms with Crippen LogP contribution < -0.4 is 20.5 Å². The number of nitrogens with one attached hydrogen (secondary N) is 1. The van der Waals surface area contributed by atoms with E-state index < -0.39 is 18.9 Å². The van der Waals surface area contributed by atoms with Crippen molar-refractivity contribution in [1.29, 1.82) is 0 Å². The van der Waals surface area contributed by atoms with E-state index in [1.807, 2.05) is 12.1 Å². The summed E-state index contributed by atoms with van der Waals surface area (Å²) in [6, 6.07) is 10.4. The van der Waals surface area contributed by atoms with E-state index in [0.29, 0.717) is 22.3 Å². The highest BCUT2D eigenvalue weighted by atomic mass is 19.3. The van der Waals surface area contributed by atoms with Gasteiger partial charge in [0.15, 0.2) is 0 Å². The average molecular weight is 510 g/mol. The molecule has 11 heteroatoms. The minimum atomic E-state index is -2.55. The quantitative estimate of drug-likeness (QED) is 0.378. The lowest BCUT2D eigenvalue weighted by Crippen LogP contribution is -2.58. The van der Waals surface area contributed by atoms with Crippen LogP contribution in [-0.2, 0) is 0 Å². The molecule has 4 aromatic rings. The van der Waals surface area contributed by atoms with Crippen LogP contribution in [0.5, 0.6) is 11.6 Å². The van der Waals surface area contributed by atoms with Gasteiger partial charge in [0, 0.05) is 18.4 Å². The van der Waals surface area contributed by atoms with Crippen LogP contribution in [0.15, 0.2) is 55.0 Å². The molecular formula is C26H25F2N5O4. The zero-order chi connectivity index (χ0) is 25.7. The van der Waals surface area contributed by atoms with E-state index in [0.717, 1.165) is 25.7 Å². The van der Waals surface area contributed by atoms with Crippen LogP contribution in [0.3, 0.4) is 0 Å². The highest BCUT2D eigenvalue weighted by Gasteiger charge is 2.54. The van der Waals surface area contributed by atoms with Gasteiger partial charge in [-0.2, -0.15) is 0 Å². The van der Waals surface area contributed by atoms with Gasteiger partial charge >= 0.3 is 0 Å². The Morgan fingerprint density at radius 3 is 2.68 bits per heavy atom. The number of carbonyl (C=O) groups excluding carboxylic acids is 2. The van der Waals surface area contributed by atoms with Gasteiger partial charge in [0.05, 0.1) is 22.8 Å². The maximum atomic E-state index is 12.9. The highest BCUT2D eigenvalue weighted by Crippen LogP contribution is 2.57. The first-order valence-corrected chi connectivity index (χ1v) is 12.1. The Labute approximate surface area is 210 Å². The Balaban J connectivity index is 1.03. The summed E-state index contributed by atoms with van der Waals surface area (Å²) < 4.78 is 39.1. The SMILES string of the molecule is NC(=O)c1c(O[C@H]2CC3(C[C@H](NC(=O)c4ccn5cc(OCC(F)F)ccc45)C3)C2)nn2ccccc12. The Morgan fingerprint density at radius 1 is 1.11 bits per heavy atom. The molecule has 0 saturated heterocycles. The third kappa shape index (κ3) is 4.24. The predicted molar refractivity (Wildman–Crippen MR) is 129 cm³/mol. The average Bonchev–Trinajstić information content (AvgIpc) is 3.40. The monoisotopic (exact) mass is 509 g/mol. The molecule has 0 bridgehead atoms. The summed E-state index contributed by atoms with van der Waals surface area (Å²) in [5.74, 6) is -0.186. The molecule has 3 N–H and O–H groups in total. The number of amides is 2. The molecule has 2 fully saturated rings. The fraction of sp³-hybridized carbons (Fsp3) is 0.346. The fourth-order valence-electron chi connectivity index (χ4n) is 5.65. The first kappa shape index (κ1) is 23.3. The molecule has 2 saturated carbocycles. The summed E-state index contributed by atoms with van der Waals surface area (Å²) in [6.45, 7) is -0.680. The zero-order valence-electron chi connectivity index (χ0n) is 19.8. The molecule has 2 aliphatic carbocycles. The number of pyridine rings is 2. The van der Waals surface area contributed by atoms with Crippen molar-refractivity contribution in [2.45, 2.75) is 44.3 Å². The first-order valence-electron chi connectivity index (χ1n) is 12.1. The Morgan fingerprint density at radius 2 is 1.92 bits per heavy atom. The molecule has 4 heterocycles. The topological polar surface area (TPSA) is 112 Å². The number of halogens is 2. The van der Waals surface area contributed by atoms with E-state index in [9.17, 15) is 18.4 Å². The summed E-state index contributed by atoms with van der Waals surface area (Å²) in [6.07, 6.45) is 5.76. The second-order valence-corrected chi connectivity index (χ2v) is 9.89. The lowest BCUT2D eigenvalue weighted by atomic mass is 9.53. The second-order valence-electron chi connectivity index (χ2n) is 9.89. The van der Waals surface area contributed by atoms with Crippen molar-refractivity contribution in [1.82, 2.24) is 19.3 Å². The summed E-state index contributed by atoms with van der Waals surface area (Å²) in [5.41, 5.74) is 7.78. The number of carbonyl (C=O) groups is 2. The summed E-state index contributed by atoms with van der Waals surface area (Å²) >= 11 is 0. The van der Waals surface area contributed by atoms with Crippen LogP contribution in [0, 0.1) is 5.41 Å². The van der Waals surface area contributed by atoms with Gasteiger partial charge in [0.25, 0.3) is 18.2 Å². The number of nitrogens with two attached hydrogens (primary N) is 1. The number of fused-ring (bicyclic) bond motifs is 2. The molecular weight excluding hydrogens is 484 g/mol. The van der Waals surface area contributed by atoms with Crippen LogP contribution in [-0.4, -0.2) is 51.0 Å². The molecule has 4 aromatic heterocycles. The minimum absolute atomic E-state index is 0.0587. The van der Waals surface area contributed by atoms with Gasteiger partial charge in [-0.15, -0.1) is 5.10 Å². The number of hydrogen-bond acceptors (Lipinski definition) is 5. The van der Waals surface area contributed by atoms with Gasteiger partial charge in [0.1, 0.15) is 24.0 Å². The molecule has 2 aliphatic rings. The van der Waals surface area contributed by atoms with Crippen molar-refractivity contribution in [3.05, 3.63) is 66.1 Å². The molecule has 6 rings (SSSR count). The standard InChI is InChI=1S/C26H25F2N5O4/c27-21(28)14-36-16-4-5-19-18(6-8-32(19)13-16)24(35)30-15-9-26(10-15)11-17(12-26)37-25-22(23(29)34)20-3-1-2-7-33(20)31-25/h1-8,13,15,17,21H,9-12,14H2,(H2,29,34)(H,30,35)/t15-,17-,26?. The van der Waals surface area contributed by atoms with Crippen LogP contribution in [0.1, 0.15) is 46.4 Å². The van der Waals surface area contributed by atoms with Crippen LogP contribution in [0.25, 0.3) is 11.0 Å². The fourth-order valence-corrected chi connectivity index (χ4v) is 5.65. The van der Waals surface area contributed by atoms with Gasteiger partial charge in [-0.3, -0.25) is 9.59 Å². The van der Waals surface area contributed by atoms with E-state index in [1.54, 1.807) is 51.8 Å². The van der Waals surface area contributed by atoms with Gasteiger partial charge in [-0.05, 0) is 61.4 Å². The maximum absolute atomic E-state index is 12.9. The number of alkyl halides is 2. The second kappa shape index (κ2) is 8.75. The minimum Gasteiger partial charge on any atom is -0.486 e. The number of hydrogen-bond donors (Lipinski definition) is 2. The Kier molecular flexibility index (Phi) is 5.50. The predicted octanol–water partition coefficient (Wildman–Crippen LogP) is 3.45. The number of nitrogens with zero attached hydrogens (tertiary/aromatic N) is 3. The van der Waals surface area contributed by atoms with Crippen molar-refractivity contribution < 1.29 is 27.8 Å². The smallest absolute Gasteiger partial charge is 0.272 e. The van der Waals surface area contributed by atoms with Crippen molar-refractivity contribution in [2.75, 3.05) is 6.61 Å². The number of rotatable bonds is 8. The lowest BCUT2D eigenvalue weighted by molar-refractivity contribution is -0.0848. The molecule has 0 atom stereocenters. The van der Waals surface area contributed by atoms with Crippen LogP contribution >= 0.6 is 0 Å². The molecule has 1 spiro atoms. The molecule has 0 aromatic carbocycles. The van der Waals surface area contributed by atoms with E-state index >= 15 is 0 Å². The van der Waals surface area contributed by atoms with Crippen molar-refractivity contribution >= 4 is 22.8 Å². The molecule has 37 heavy (non-hydrogen) atoms. The number of aromatic nitrogens is 3. The largest absolute Gasteiger partial charge is 0.486 e. The molecule has 2 amide bonds. The van der Waals surface area contributed by atoms with E-state index in [4.69, 9.17) is 15.2 Å². The molecule has 0 radical (unpaired) electrons. The highest BCUT2D eigenvalue weighted by molar-refractivity contribution is 6.02. The van der Waals surface area contributed by atoms with Crippen LogP contribution in [0.2, 0.25) is 0 Å². The third-order valence-electron chi connectivity index (χ3n) is 7.30. The Bertz CT molecular complexity index is 1500. The molecule has 9 nitrogen and oxygen atoms in total. The van der Waals surface area contributed by atoms with Gasteiger partial charge in [0.2, 0.25) is 5.88 Å². The maximum Gasteiger partial charge on any atom is 0.272 e. The van der Waals surface area contributed by atoms with Gasteiger partial charge in [-0.25, -0.2) is 13.3 Å². The van der Waals surface area contributed by atoms with E-state index in [1.165, 1.54) is 0 Å². The van der Waals surface area contributed by atoms with E-state index in [-0.39, 0.29) is 34.9 Å². The summed E-state index contributed by atoms with van der Waals surface area (Å²) in [5, 5.41) is 7.47. The van der Waals surface area contributed by atoms with Gasteiger partial charge < -0.3 is 24.9 Å². The van der Waals surface area contributed by atoms with Crippen LogP contribution in [0.4, 0.5) is 8.78 Å². The van der Waals surface area contributed by atoms with Crippen molar-refractivity contribution in [2.24, 2.45) is 11.1 Å². The first-order chi connectivity index (χ1) is 17.8. The zero-order valence-corrected chi connectivity index (χ0v) is 19.8. The van der Waals surface area contributed by atoms with E-state index in [2.05, 4.69) is 10.4 Å². The number of primary amides is 1. The third-order valence-corrected chi connectivity index (χ3v) is 7.30. The molecule has 192 valence electrons. The normalized spacial score (nSPS) is 22.7.